The fourth-order valence-corrected chi connectivity index (χ4v) is 2.48. The molecule has 0 bridgehead atoms. The number of carbonyl (C=O) groups is 1. The van der Waals surface area contributed by atoms with Crippen molar-refractivity contribution in [2.24, 2.45) is 0 Å². The quantitative estimate of drug-likeness (QED) is 0.417. The number of unbranched alkanes of at least 4 members (excludes halogenated alkanes) is 2. The Labute approximate surface area is 134 Å². The van der Waals surface area contributed by atoms with Crippen LogP contribution in [0.1, 0.15) is 33.1 Å². The predicted molar refractivity (Wildman–Crippen MR) is 85.5 cm³/mol. The highest BCUT2D eigenvalue weighted by atomic mass is 32.2. The Morgan fingerprint density at radius 2 is 2.05 bits per heavy atom. The molecule has 0 fully saturated rings. The maximum Gasteiger partial charge on any atom is 0.319 e. The fourth-order valence-electron chi connectivity index (χ4n) is 1.80. The highest BCUT2D eigenvalue weighted by molar-refractivity contribution is 8.00. The lowest BCUT2D eigenvalue weighted by atomic mass is 10.2. The maximum atomic E-state index is 11.9. The summed E-state index contributed by atoms with van der Waals surface area (Å²) in [5, 5.41) is 7.96. The van der Waals surface area contributed by atoms with Gasteiger partial charge >= 0.3 is 5.97 Å². The SMILES string of the molecule is CCCCCOC(=O)C(C)Sc1nnc(-c2ccccc2)o1. The van der Waals surface area contributed by atoms with E-state index in [1.807, 2.05) is 30.3 Å². The van der Waals surface area contributed by atoms with Gasteiger partial charge in [-0.05, 0) is 25.5 Å². The van der Waals surface area contributed by atoms with Gasteiger partial charge in [-0.1, -0.05) is 49.7 Å². The molecule has 5 nitrogen and oxygen atoms in total. The summed E-state index contributed by atoms with van der Waals surface area (Å²) >= 11 is 1.22. The normalized spacial score (nSPS) is 12.1. The lowest BCUT2D eigenvalue weighted by Gasteiger charge is -2.08. The van der Waals surface area contributed by atoms with Gasteiger partial charge in [0, 0.05) is 5.56 Å². The molecular formula is C16H20N2O3S. The first-order valence-corrected chi connectivity index (χ1v) is 8.31. The van der Waals surface area contributed by atoms with Crippen LogP contribution in [0.3, 0.4) is 0 Å². The van der Waals surface area contributed by atoms with Crippen LogP contribution in [-0.2, 0) is 9.53 Å². The molecule has 0 aliphatic carbocycles. The number of hydrogen-bond acceptors (Lipinski definition) is 6. The summed E-state index contributed by atoms with van der Waals surface area (Å²) in [5.74, 6) is 0.201. The Kier molecular flexibility index (Phi) is 6.45. The molecule has 22 heavy (non-hydrogen) atoms. The third kappa shape index (κ3) is 4.87. The van der Waals surface area contributed by atoms with Crippen LogP contribution < -0.4 is 0 Å². The minimum absolute atomic E-state index is 0.249. The van der Waals surface area contributed by atoms with Gasteiger partial charge in [0.1, 0.15) is 5.25 Å². The molecule has 0 saturated heterocycles. The number of esters is 1. The third-order valence-corrected chi connectivity index (χ3v) is 3.94. The van der Waals surface area contributed by atoms with Crippen molar-refractivity contribution < 1.29 is 13.9 Å². The Balaban J connectivity index is 1.85. The van der Waals surface area contributed by atoms with E-state index in [1.165, 1.54) is 11.8 Å². The predicted octanol–water partition coefficient (Wildman–Crippen LogP) is 3.95. The Hall–Kier alpha value is -1.82. The largest absolute Gasteiger partial charge is 0.465 e. The van der Waals surface area contributed by atoms with Crippen LogP contribution in [0.15, 0.2) is 40.0 Å². The van der Waals surface area contributed by atoms with Crippen LogP contribution in [0.25, 0.3) is 11.5 Å². The molecule has 2 rings (SSSR count). The van der Waals surface area contributed by atoms with Gasteiger partial charge in [-0.25, -0.2) is 0 Å². The number of nitrogens with zero attached hydrogens (tertiary/aromatic N) is 2. The molecule has 0 amide bonds. The number of thioether (sulfide) groups is 1. The van der Waals surface area contributed by atoms with Gasteiger partial charge in [0.2, 0.25) is 5.89 Å². The monoisotopic (exact) mass is 320 g/mol. The van der Waals surface area contributed by atoms with Crippen LogP contribution in [0.5, 0.6) is 0 Å². The lowest BCUT2D eigenvalue weighted by Crippen LogP contribution is -2.17. The van der Waals surface area contributed by atoms with Gasteiger partial charge in [0.05, 0.1) is 6.61 Å². The second kappa shape index (κ2) is 8.58. The van der Waals surface area contributed by atoms with Crippen molar-refractivity contribution in [3.05, 3.63) is 30.3 Å². The minimum Gasteiger partial charge on any atom is -0.465 e. The summed E-state index contributed by atoms with van der Waals surface area (Å²) in [5.41, 5.74) is 0.858. The average molecular weight is 320 g/mol. The van der Waals surface area contributed by atoms with Gasteiger partial charge in [-0.3, -0.25) is 4.79 Å². The van der Waals surface area contributed by atoms with Crippen molar-refractivity contribution in [1.29, 1.82) is 0 Å². The molecule has 0 aliphatic rings. The highest BCUT2D eigenvalue weighted by Crippen LogP contribution is 2.26. The first-order chi connectivity index (χ1) is 10.7. The van der Waals surface area contributed by atoms with E-state index >= 15 is 0 Å². The number of benzene rings is 1. The third-order valence-electron chi connectivity index (χ3n) is 3.03. The zero-order valence-corrected chi connectivity index (χ0v) is 13.6. The van der Waals surface area contributed by atoms with E-state index in [9.17, 15) is 4.79 Å². The molecule has 1 unspecified atom stereocenters. The maximum absolute atomic E-state index is 11.9. The fraction of sp³-hybridized carbons (Fsp3) is 0.438. The van der Waals surface area contributed by atoms with Gasteiger partial charge in [-0.2, -0.15) is 0 Å². The lowest BCUT2D eigenvalue weighted by molar-refractivity contribution is -0.142. The first-order valence-electron chi connectivity index (χ1n) is 7.43. The van der Waals surface area contributed by atoms with Crippen LogP contribution in [0.2, 0.25) is 0 Å². The first kappa shape index (κ1) is 16.5. The van der Waals surface area contributed by atoms with E-state index in [4.69, 9.17) is 9.15 Å². The zero-order valence-electron chi connectivity index (χ0n) is 12.8. The van der Waals surface area contributed by atoms with E-state index in [0.717, 1.165) is 24.8 Å². The van der Waals surface area contributed by atoms with Gasteiger partial charge in [0.15, 0.2) is 0 Å². The van der Waals surface area contributed by atoms with Gasteiger partial charge in [0.25, 0.3) is 5.22 Å². The molecule has 0 saturated carbocycles. The van der Waals surface area contributed by atoms with Crippen LogP contribution >= 0.6 is 11.8 Å². The zero-order chi connectivity index (χ0) is 15.8. The molecule has 118 valence electrons. The summed E-state index contributed by atoms with van der Waals surface area (Å²) in [6.45, 7) is 4.36. The molecule has 1 atom stereocenters. The molecule has 0 aliphatic heterocycles. The van der Waals surface area contributed by atoms with E-state index in [2.05, 4.69) is 17.1 Å². The summed E-state index contributed by atoms with van der Waals surface area (Å²) in [6, 6.07) is 9.53. The molecule has 0 spiro atoms. The smallest absolute Gasteiger partial charge is 0.319 e. The second-order valence-electron chi connectivity index (χ2n) is 4.87. The molecule has 0 N–H and O–H groups in total. The van der Waals surface area contributed by atoms with Crippen molar-refractivity contribution in [2.75, 3.05) is 6.61 Å². The van der Waals surface area contributed by atoms with Crippen molar-refractivity contribution in [3.63, 3.8) is 0 Å². The number of rotatable bonds is 8. The van der Waals surface area contributed by atoms with Crippen molar-refractivity contribution in [1.82, 2.24) is 10.2 Å². The Morgan fingerprint density at radius 1 is 1.27 bits per heavy atom. The van der Waals surface area contributed by atoms with Gasteiger partial charge in [-0.15, -0.1) is 10.2 Å². The van der Waals surface area contributed by atoms with E-state index in [-0.39, 0.29) is 11.2 Å². The summed E-state index contributed by atoms with van der Waals surface area (Å²) in [6.07, 6.45) is 3.07. The standard InChI is InChI=1S/C16H20N2O3S/c1-3-4-8-11-20-15(19)12(2)22-16-18-17-14(21-16)13-9-6-5-7-10-13/h5-7,9-10,12H,3-4,8,11H2,1-2H3. The molecule has 1 aromatic carbocycles. The Morgan fingerprint density at radius 3 is 2.77 bits per heavy atom. The number of carbonyl (C=O) groups excluding carboxylic acids is 1. The van der Waals surface area contributed by atoms with E-state index in [1.54, 1.807) is 6.92 Å². The summed E-state index contributed by atoms with van der Waals surface area (Å²) < 4.78 is 10.8. The molecule has 1 heterocycles. The second-order valence-corrected chi connectivity index (χ2v) is 6.17. The molecule has 1 aromatic heterocycles. The van der Waals surface area contributed by atoms with Crippen molar-refractivity contribution in [3.8, 4) is 11.5 Å². The Bertz CT molecular complexity index is 586. The number of hydrogen-bond donors (Lipinski definition) is 0. The molecular weight excluding hydrogens is 300 g/mol. The number of ether oxygens (including phenoxy) is 1. The van der Waals surface area contributed by atoms with Crippen molar-refractivity contribution >= 4 is 17.7 Å². The van der Waals surface area contributed by atoms with Crippen LogP contribution in [0, 0.1) is 0 Å². The van der Waals surface area contributed by atoms with Gasteiger partial charge < -0.3 is 9.15 Å². The van der Waals surface area contributed by atoms with E-state index < -0.39 is 0 Å². The summed E-state index contributed by atoms with van der Waals surface area (Å²) in [4.78, 5) is 11.9. The molecule has 0 radical (unpaired) electrons. The van der Waals surface area contributed by atoms with E-state index in [0.29, 0.717) is 17.7 Å². The topological polar surface area (TPSA) is 65.2 Å². The average Bonchev–Trinajstić information content (AvgIpc) is 3.00. The summed E-state index contributed by atoms with van der Waals surface area (Å²) in [7, 11) is 0. The van der Waals surface area contributed by atoms with Crippen molar-refractivity contribution in [2.45, 2.75) is 43.6 Å². The highest BCUT2D eigenvalue weighted by Gasteiger charge is 2.19. The van der Waals surface area contributed by atoms with Crippen LogP contribution in [-0.4, -0.2) is 28.0 Å². The molecule has 2 aromatic rings. The molecule has 6 heteroatoms. The van der Waals surface area contributed by atoms with Crippen LogP contribution in [0.4, 0.5) is 0 Å². The number of aromatic nitrogens is 2. The minimum atomic E-state index is -0.370.